The number of rotatable bonds is 7. The van der Waals surface area contributed by atoms with Crippen LogP contribution in [0.15, 0.2) is 42.5 Å². The van der Waals surface area contributed by atoms with E-state index in [0.29, 0.717) is 35.0 Å². The largest absolute Gasteiger partial charge is 0.215 e. The molecule has 1 N–H and O–H groups in total. The van der Waals surface area contributed by atoms with Crippen LogP contribution in [0.25, 0.3) is 0 Å². The molecule has 0 aliphatic carbocycles. The highest BCUT2D eigenvalue weighted by Crippen LogP contribution is 2.23. The van der Waals surface area contributed by atoms with E-state index >= 15 is 0 Å². The second-order valence-corrected chi connectivity index (χ2v) is 7.75. The molecule has 0 heterocycles. The molecular weight excluding hydrogens is 360 g/mol. The van der Waals surface area contributed by atoms with E-state index in [2.05, 4.69) is 4.72 Å². The monoisotopic (exact) mass is 375 g/mol. The molecule has 0 atom stereocenters. The summed E-state index contributed by atoms with van der Waals surface area (Å²) in [6.45, 7) is 0.320. The third kappa shape index (κ3) is 6.11. The van der Waals surface area contributed by atoms with Gasteiger partial charge in [0, 0.05) is 6.54 Å². The molecule has 3 nitrogen and oxygen atoms in total. The van der Waals surface area contributed by atoms with Gasteiger partial charge in [-0.15, -0.1) is 0 Å². The standard InChI is InChI=1S/C16H16Cl2FNO2S/c17-15-8-5-13(10-16(15)18)11-23(21,22)20-9-1-2-12-3-6-14(19)7-4-12/h3-8,10,20H,1-2,9,11H2. The summed E-state index contributed by atoms with van der Waals surface area (Å²) in [5.74, 6) is -0.434. The van der Waals surface area contributed by atoms with Gasteiger partial charge in [0.1, 0.15) is 5.82 Å². The summed E-state index contributed by atoms with van der Waals surface area (Å²) in [5.41, 5.74) is 1.54. The minimum Gasteiger partial charge on any atom is -0.215 e. The zero-order valence-electron chi connectivity index (χ0n) is 12.2. The molecule has 0 radical (unpaired) electrons. The molecule has 0 bridgehead atoms. The molecule has 23 heavy (non-hydrogen) atoms. The molecule has 2 aromatic rings. The van der Waals surface area contributed by atoms with Gasteiger partial charge in [-0.25, -0.2) is 17.5 Å². The van der Waals surface area contributed by atoms with E-state index in [9.17, 15) is 12.8 Å². The van der Waals surface area contributed by atoms with Crippen LogP contribution >= 0.6 is 23.2 Å². The second-order valence-electron chi connectivity index (χ2n) is 5.13. The van der Waals surface area contributed by atoms with Crippen LogP contribution in [0.5, 0.6) is 0 Å². The van der Waals surface area contributed by atoms with Crippen molar-refractivity contribution < 1.29 is 12.8 Å². The van der Waals surface area contributed by atoms with Crippen molar-refractivity contribution in [2.45, 2.75) is 18.6 Å². The number of hydrogen-bond acceptors (Lipinski definition) is 2. The van der Waals surface area contributed by atoms with Crippen molar-refractivity contribution >= 4 is 33.2 Å². The van der Waals surface area contributed by atoms with Crippen LogP contribution < -0.4 is 4.72 Å². The smallest absolute Gasteiger partial charge is 0.215 e. The first-order valence-corrected chi connectivity index (χ1v) is 9.42. The van der Waals surface area contributed by atoms with Gasteiger partial charge in [0.15, 0.2) is 0 Å². The molecule has 0 saturated heterocycles. The lowest BCUT2D eigenvalue weighted by atomic mass is 10.1. The van der Waals surface area contributed by atoms with Crippen molar-refractivity contribution in [1.82, 2.24) is 4.72 Å². The maximum atomic E-state index is 12.8. The molecule has 2 aromatic carbocycles. The SMILES string of the molecule is O=S(=O)(Cc1ccc(Cl)c(Cl)c1)NCCCc1ccc(F)cc1. The lowest BCUT2D eigenvalue weighted by molar-refractivity contribution is 0.578. The molecule has 0 unspecified atom stereocenters. The van der Waals surface area contributed by atoms with Crippen LogP contribution in [-0.4, -0.2) is 15.0 Å². The van der Waals surface area contributed by atoms with E-state index in [1.165, 1.54) is 12.1 Å². The molecular formula is C16H16Cl2FNO2S. The Kier molecular flexibility index (Phi) is 6.41. The zero-order valence-corrected chi connectivity index (χ0v) is 14.6. The highest BCUT2D eigenvalue weighted by atomic mass is 35.5. The van der Waals surface area contributed by atoms with Gasteiger partial charge in [0.05, 0.1) is 15.8 Å². The van der Waals surface area contributed by atoms with E-state index in [1.54, 1.807) is 30.3 Å². The topological polar surface area (TPSA) is 46.2 Å². The molecule has 124 valence electrons. The van der Waals surface area contributed by atoms with Gasteiger partial charge in [0.25, 0.3) is 0 Å². The Bertz CT molecular complexity index is 764. The van der Waals surface area contributed by atoms with Crippen LogP contribution in [0.1, 0.15) is 17.5 Å². The van der Waals surface area contributed by atoms with Gasteiger partial charge in [-0.1, -0.05) is 41.4 Å². The maximum Gasteiger partial charge on any atom is 0.215 e. The minimum atomic E-state index is -3.44. The van der Waals surface area contributed by atoms with Crippen molar-refractivity contribution in [3.63, 3.8) is 0 Å². The van der Waals surface area contributed by atoms with E-state index in [0.717, 1.165) is 5.56 Å². The van der Waals surface area contributed by atoms with Crippen LogP contribution in [0.4, 0.5) is 4.39 Å². The molecule has 0 aliphatic rings. The number of aryl methyl sites for hydroxylation is 1. The minimum absolute atomic E-state index is 0.152. The summed E-state index contributed by atoms with van der Waals surface area (Å²) in [7, 11) is -3.44. The van der Waals surface area contributed by atoms with Crippen molar-refractivity contribution in [2.24, 2.45) is 0 Å². The molecule has 0 saturated carbocycles. The van der Waals surface area contributed by atoms with Gasteiger partial charge < -0.3 is 0 Å². The summed E-state index contributed by atoms with van der Waals surface area (Å²) in [5, 5.41) is 0.718. The Hall–Kier alpha value is -1.14. The Morgan fingerprint density at radius 2 is 1.61 bits per heavy atom. The molecule has 0 aromatic heterocycles. The van der Waals surface area contributed by atoms with Gasteiger partial charge in [0.2, 0.25) is 10.0 Å². The fourth-order valence-electron chi connectivity index (χ4n) is 2.07. The molecule has 7 heteroatoms. The fourth-order valence-corrected chi connectivity index (χ4v) is 3.57. The number of hydrogen-bond donors (Lipinski definition) is 1. The summed E-state index contributed by atoms with van der Waals surface area (Å²) < 4.78 is 39.4. The number of halogens is 3. The van der Waals surface area contributed by atoms with E-state index in [4.69, 9.17) is 23.2 Å². The highest BCUT2D eigenvalue weighted by Gasteiger charge is 2.12. The average molecular weight is 376 g/mol. The second kappa shape index (κ2) is 8.11. The van der Waals surface area contributed by atoms with Crippen LogP contribution in [0.2, 0.25) is 10.0 Å². The fraction of sp³-hybridized carbons (Fsp3) is 0.250. The number of benzene rings is 2. The number of sulfonamides is 1. The Balaban J connectivity index is 1.81. The Morgan fingerprint density at radius 3 is 2.26 bits per heavy atom. The zero-order chi connectivity index (χ0) is 16.9. The lowest BCUT2D eigenvalue weighted by Crippen LogP contribution is -2.26. The molecule has 2 rings (SSSR count). The summed E-state index contributed by atoms with van der Waals surface area (Å²) in [6, 6.07) is 10.9. The van der Waals surface area contributed by atoms with E-state index in [-0.39, 0.29) is 11.6 Å². The third-order valence-electron chi connectivity index (χ3n) is 3.22. The lowest BCUT2D eigenvalue weighted by Gasteiger charge is -2.08. The molecule has 0 aliphatic heterocycles. The molecule has 0 amide bonds. The van der Waals surface area contributed by atoms with Crippen molar-refractivity contribution in [3.05, 3.63) is 69.5 Å². The van der Waals surface area contributed by atoms with Crippen LogP contribution in [-0.2, 0) is 22.2 Å². The summed E-state index contributed by atoms with van der Waals surface area (Å²) in [6.07, 6.45) is 1.31. The maximum absolute atomic E-state index is 12.8. The Morgan fingerprint density at radius 1 is 0.957 bits per heavy atom. The Labute approximate surface area is 145 Å². The molecule has 0 spiro atoms. The van der Waals surface area contributed by atoms with Gasteiger partial charge in [-0.2, -0.15) is 0 Å². The first kappa shape index (κ1) is 18.2. The normalized spacial score (nSPS) is 11.6. The first-order chi connectivity index (χ1) is 10.9. The first-order valence-electron chi connectivity index (χ1n) is 7.01. The van der Waals surface area contributed by atoms with Crippen molar-refractivity contribution in [1.29, 1.82) is 0 Å². The van der Waals surface area contributed by atoms with Crippen molar-refractivity contribution in [3.8, 4) is 0 Å². The van der Waals surface area contributed by atoms with Crippen LogP contribution in [0, 0.1) is 5.82 Å². The average Bonchev–Trinajstić information content (AvgIpc) is 2.49. The summed E-state index contributed by atoms with van der Waals surface area (Å²) in [4.78, 5) is 0. The predicted octanol–water partition coefficient (Wildman–Crippen LogP) is 4.18. The van der Waals surface area contributed by atoms with Gasteiger partial charge in [-0.05, 0) is 48.2 Å². The van der Waals surface area contributed by atoms with Crippen LogP contribution in [0.3, 0.4) is 0 Å². The predicted molar refractivity (Wildman–Crippen MR) is 91.8 cm³/mol. The van der Waals surface area contributed by atoms with Gasteiger partial charge in [-0.3, -0.25) is 0 Å². The van der Waals surface area contributed by atoms with E-state index < -0.39 is 10.0 Å². The summed E-state index contributed by atoms with van der Waals surface area (Å²) >= 11 is 11.7. The number of nitrogens with one attached hydrogen (secondary N) is 1. The van der Waals surface area contributed by atoms with Crippen molar-refractivity contribution in [2.75, 3.05) is 6.54 Å². The molecule has 0 fully saturated rings. The van der Waals surface area contributed by atoms with Gasteiger partial charge >= 0.3 is 0 Å². The highest BCUT2D eigenvalue weighted by molar-refractivity contribution is 7.88. The quantitative estimate of drug-likeness (QED) is 0.737. The van der Waals surface area contributed by atoms with E-state index in [1.807, 2.05) is 0 Å². The third-order valence-corrected chi connectivity index (χ3v) is 5.31.